The molecule has 116 valence electrons. The monoisotopic (exact) mass is 309 g/mol. The quantitative estimate of drug-likeness (QED) is 0.927. The number of rotatable bonds is 2. The van der Waals surface area contributed by atoms with E-state index >= 15 is 0 Å². The minimum absolute atomic E-state index is 0.0307. The molecule has 0 spiro atoms. The topological polar surface area (TPSA) is 49.0 Å². The number of benzene rings is 1. The molecule has 4 nitrogen and oxygen atoms in total. The van der Waals surface area contributed by atoms with Gasteiger partial charge in [-0.1, -0.05) is 18.2 Å². The number of nitrogens with zero attached hydrogens (tertiary/aromatic N) is 2. The highest BCUT2D eigenvalue weighted by molar-refractivity contribution is 5.79. The summed E-state index contributed by atoms with van der Waals surface area (Å²) in [7, 11) is 0. The lowest BCUT2D eigenvalue weighted by molar-refractivity contribution is -0.138. The molecule has 7 heteroatoms. The third-order valence-corrected chi connectivity index (χ3v) is 3.76. The highest BCUT2D eigenvalue weighted by Crippen LogP contribution is 2.29. The number of amides is 1. The molecule has 0 radical (unpaired) electrons. The Morgan fingerprint density at radius 2 is 2.18 bits per heavy atom. The summed E-state index contributed by atoms with van der Waals surface area (Å²) in [6.45, 7) is 0.997. The third-order valence-electron chi connectivity index (χ3n) is 3.76. The number of hydrogen-bond donors (Lipinski definition) is 1. The van der Waals surface area contributed by atoms with Crippen LogP contribution in [0.15, 0.2) is 30.5 Å². The summed E-state index contributed by atoms with van der Waals surface area (Å²) in [5, 5.41) is 6.81. The molecule has 0 saturated carbocycles. The molecule has 3 rings (SSSR count). The van der Waals surface area contributed by atoms with Crippen molar-refractivity contribution in [2.75, 3.05) is 6.54 Å². The van der Waals surface area contributed by atoms with Crippen molar-refractivity contribution in [1.29, 1.82) is 0 Å². The highest BCUT2D eigenvalue weighted by atomic mass is 19.4. The van der Waals surface area contributed by atoms with Crippen LogP contribution in [0.4, 0.5) is 13.2 Å². The second-order valence-corrected chi connectivity index (χ2v) is 5.31. The molecular formula is C15H14F3N3O. The molecular weight excluding hydrogens is 295 g/mol. The number of aromatic amines is 1. The van der Waals surface area contributed by atoms with Gasteiger partial charge < -0.3 is 4.90 Å². The van der Waals surface area contributed by atoms with Gasteiger partial charge in [-0.3, -0.25) is 9.89 Å². The van der Waals surface area contributed by atoms with Crippen LogP contribution in [0.2, 0.25) is 0 Å². The van der Waals surface area contributed by atoms with Crippen LogP contribution in [0.1, 0.15) is 22.4 Å². The second-order valence-electron chi connectivity index (χ2n) is 5.31. The first-order valence-electron chi connectivity index (χ1n) is 6.88. The average Bonchev–Trinajstić information content (AvgIpc) is 2.94. The van der Waals surface area contributed by atoms with E-state index < -0.39 is 11.7 Å². The Morgan fingerprint density at radius 1 is 1.36 bits per heavy atom. The number of carbonyl (C=O) groups excluding carboxylic acids is 1. The van der Waals surface area contributed by atoms with Crippen LogP contribution in [0.3, 0.4) is 0 Å². The van der Waals surface area contributed by atoms with Crippen molar-refractivity contribution in [2.24, 2.45) is 0 Å². The molecule has 0 unspecified atom stereocenters. The normalized spacial score (nSPS) is 14.8. The molecule has 1 N–H and O–H groups in total. The maximum atomic E-state index is 12.7. The van der Waals surface area contributed by atoms with E-state index in [0.717, 1.165) is 23.4 Å². The molecule has 0 bridgehead atoms. The Labute approximate surface area is 124 Å². The van der Waals surface area contributed by atoms with Crippen LogP contribution in [0.25, 0.3) is 0 Å². The maximum absolute atomic E-state index is 12.7. The molecule has 22 heavy (non-hydrogen) atoms. The Morgan fingerprint density at radius 3 is 2.95 bits per heavy atom. The van der Waals surface area contributed by atoms with Crippen LogP contribution >= 0.6 is 0 Å². The van der Waals surface area contributed by atoms with Crippen LogP contribution in [0.5, 0.6) is 0 Å². The first-order chi connectivity index (χ1) is 10.4. The van der Waals surface area contributed by atoms with Gasteiger partial charge in [0, 0.05) is 30.8 Å². The standard InChI is InChI=1S/C15H14F3N3O/c16-15(17,18)12-3-1-2-10(6-12)7-14(22)21-5-4-13-11(9-21)8-19-20-13/h1-3,6,8H,4-5,7,9H2,(H,19,20). The zero-order valence-corrected chi connectivity index (χ0v) is 11.7. The lowest BCUT2D eigenvalue weighted by Crippen LogP contribution is -2.36. The zero-order chi connectivity index (χ0) is 15.7. The van der Waals surface area contributed by atoms with Crippen LogP contribution < -0.4 is 0 Å². The molecule has 2 heterocycles. The first kappa shape index (κ1) is 14.6. The van der Waals surface area contributed by atoms with Gasteiger partial charge in [-0.15, -0.1) is 0 Å². The van der Waals surface area contributed by atoms with Crippen molar-refractivity contribution >= 4 is 5.91 Å². The highest BCUT2D eigenvalue weighted by Gasteiger charge is 2.30. The van der Waals surface area contributed by atoms with E-state index in [9.17, 15) is 18.0 Å². The summed E-state index contributed by atoms with van der Waals surface area (Å²) in [6, 6.07) is 4.91. The van der Waals surface area contributed by atoms with E-state index in [2.05, 4.69) is 10.2 Å². The number of hydrogen-bond acceptors (Lipinski definition) is 2. The molecule has 1 aromatic carbocycles. The van der Waals surface area contributed by atoms with Crippen molar-refractivity contribution in [2.45, 2.75) is 25.6 Å². The Bertz CT molecular complexity index is 693. The molecule has 1 amide bonds. The fourth-order valence-electron chi connectivity index (χ4n) is 2.58. The Balaban J connectivity index is 1.70. The van der Waals surface area contributed by atoms with E-state index in [1.165, 1.54) is 6.07 Å². The molecule has 0 saturated heterocycles. The number of nitrogens with one attached hydrogen (secondary N) is 1. The van der Waals surface area contributed by atoms with Crippen molar-refractivity contribution in [1.82, 2.24) is 15.1 Å². The van der Waals surface area contributed by atoms with Crippen LogP contribution in [0, 0.1) is 0 Å². The number of halogens is 3. The smallest absolute Gasteiger partial charge is 0.338 e. The van der Waals surface area contributed by atoms with E-state index in [4.69, 9.17) is 0 Å². The van der Waals surface area contributed by atoms with E-state index in [1.807, 2.05) is 0 Å². The molecule has 0 fully saturated rings. The van der Waals surface area contributed by atoms with E-state index in [-0.39, 0.29) is 12.3 Å². The largest absolute Gasteiger partial charge is 0.416 e. The van der Waals surface area contributed by atoms with E-state index in [1.54, 1.807) is 17.2 Å². The van der Waals surface area contributed by atoms with Crippen molar-refractivity contribution < 1.29 is 18.0 Å². The average molecular weight is 309 g/mol. The number of fused-ring (bicyclic) bond motifs is 1. The van der Waals surface area contributed by atoms with Crippen LogP contribution in [-0.4, -0.2) is 27.5 Å². The Kier molecular flexibility index (Phi) is 3.64. The van der Waals surface area contributed by atoms with E-state index in [0.29, 0.717) is 25.1 Å². The summed E-state index contributed by atoms with van der Waals surface area (Å²) in [4.78, 5) is 13.9. The number of aromatic nitrogens is 2. The lowest BCUT2D eigenvalue weighted by Gasteiger charge is -2.26. The predicted octanol–water partition coefficient (Wildman–Crippen LogP) is 2.56. The second kappa shape index (κ2) is 5.47. The summed E-state index contributed by atoms with van der Waals surface area (Å²) in [5.41, 5.74) is 1.62. The minimum atomic E-state index is -4.39. The summed E-state index contributed by atoms with van der Waals surface area (Å²) in [5.74, 6) is -0.175. The summed E-state index contributed by atoms with van der Waals surface area (Å²) in [6.07, 6.45) is -2.06. The number of H-pyrrole nitrogens is 1. The Hall–Kier alpha value is -2.31. The third kappa shape index (κ3) is 2.98. The molecule has 0 atom stereocenters. The van der Waals surface area contributed by atoms with Gasteiger partial charge in [-0.05, 0) is 11.6 Å². The van der Waals surface area contributed by atoms with Gasteiger partial charge in [0.2, 0.25) is 5.91 Å². The van der Waals surface area contributed by atoms with Gasteiger partial charge in [0.05, 0.1) is 18.2 Å². The molecule has 2 aromatic rings. The fourth-order valence-corrected chi connectivity index (χ4v) is 2.58. The molecule has 0 aliphatic carbocycles. The van der Waals surface area contributed by atoms with Gasteiger partial charge in [-0.25, -0.2) is 0 Å². The summed E-state index contributed by atoms with van der Waals surface area (Å²) < 4.78 is 38.1. The molecule has 1 aromatic heterocycles. The van der Waals surface area contributed by atoms with Gasteiger partial charge in [0.1, 0.15) is 0 Å². The minimum Gasteiger partial charge on any atom is -0.338 e. The molecule has 1 aliphatic heterocycles. The maximum Gasteiger partial charge on any atom is 0.416 e. The van der Waals surface area contributed by atoms with Crippen molar-refractivity contribution in [3.05, 3.63) is 52.8 Å². The zero-order valence-electron chi connectivity index (χ0n) is 11.7. The first-order valence-corrected chi connectivity index (χ1v) is 6.88. The van der Waals surface area contributed by atoms with Crippen LogP contribution in [-0.2, 0) is 30.4 Å². The van der Waals surface area contributed by atoms with Crippen molar-refractivity contribution in [3.8, 4) is 0 Å². The van der Waals surface area contributed by atoms with Gasteiger partial charge in [0.25, 0.3) is 0 Å². The molecule has 1 aliphatic rings. The SMILES string of the molecule is O=C(Cc1cccc(C(F)(F)F)c1)N1CCc2[nH]ncc2C1. The number of carbonyl (C=O) groups is 1. The van der Waals surface area contributed by atoms with Gasteiger partial charge >= 0.3 is 6.18 Å². The lowest BCUT2D eigenvalue weighted by atomic mass is 10.0. The predicted molar refractivity (Wildman–Crippen MR) is 72.9 cm³/mol. The van der Waals surface area contributed by atoms with Crippen molar-refractivity contribution in [3.63, 3.8) is 0 Å². The van der Waals surface area contributed by atoms with Gasteiger partial charge in [0.15, 0.2) is 0 Å². The van der Waals surface area contributed by atoms with Gasteiger partial charge in [-0.2, -0.15) is 18.3 Å². The summed E-state index contributed by atoms with van der Waals surface area (Å²) >= 11 is 0. The number of alkyl halides is 3. The fraction of sp³-hybridized carbons (Fsp3) is 0.333.